The lowest BCUT2D eigenvalue weighted by Gasteiger charge is -2.12. The van der Waals surface area contributed by atoms with Crippen molar-refractivity contribution in [3.63, 3.8) is 0 Å². The van der Waals surface area contributed by atoms with E-state index in [2.05, 4.69) is 4.98 Å². The average Bonchev–Trinajstić information content (AvgIpc) is 2.66. The number of hydrogen-bond donors (Lipinski definition) is 0. The summed E-state index contributed by atoms with van der Waals surface area (Å²) < 4.78 is 43.2. The Morgan fingerprint density at radius 1 is 0.846 bits per heavy atom. The zero-order chi connectivity index (χ0) is 20.3. The molecule has 3 rings (SSSR count). The number of methoxy groups -OCH3 is 4. The highest BCUT2D eigenvalue weighted by Crippen LogP contribution is 2.34. The Kier molecular flexibility index (Phi) is 5.17. The van der Waals surface area contributed by atoms with E-state index in [9.17, 15) is 0 Å². The van der Waals surface area contributed by atoms with Crippen LogP contribution >= 0.6 is 12.4 Å². The third-order valence-electron chi connectivity index (χ3n) is 4.06. The first-order chi connectivity index (χ1) is 13.3. The van der Waals surface area contributed by atoms with E-state index in [0.29, 0.717) is 23.7 Å². The molecule has 0 aliphatic rings. The lowest BCUT2D eigenvalue weighted by molar-refractivity contribution is 0.354. The van der Waals surface area contributed by atoms with Crippen LogP contribution in [0.3, 0.4) is 0 Å². The lowest BCUT2D eigenvalue weighted by atomic mass is 10.0. The molecule has 0 fully saturated rings. The third kappa shape index (κ3) is 3.78. The van der Waals surface area contributed by atoms with Gasteiger partial charge in [0.1, 0.15) is 0 Å². The molecule has 0 aliphatic heterocycles. The summed E-state index contributed by atoms with van der Waals surface area (Å²) in [6, 6.07) is 10.9. The molecule has 26 heavy (non-hydrogen) atoms. The molecule has 0 amide bonds. The van der Waals surface area contributed by atoms with Crippen LogP contribution in [0.5, 0.6) is 23.0 Å². The number of nitrogens with zero attached hydrogens (tertiary/aromatic N) is 1. The van der Waals surface area contributed by atoms with Gasteiger partial charge in [0.05, 0.1) is 38.2 Å². The molecule has 6 heteroatoms. The molecule has 138 valence electrons. The summed E-state index contributed by atoms with van der Waals surface area (Å²) >= 11 is 0. The fourth-order valence-corrected chi connectivity index (χ4v) is 2.80. The molecule has 0 atom stereocenters. The molecule has 5 nitrogen and oxygen atoms in total. The number of pyridine rings is 1. The first-order valence-electron chi connectivity index (χ1n) is 9.20. The Balaban J connectivity index is 0.00000300. The molecule has 1 aromatic heterocycles. The summed E-state index contributed by atoms with van der Waals surface area (Å²) in [6.45, 7) is 0. The first-order valence-corrected chi connectivity index (χ1v) is 7.70. The molecule has 0 saturated heterocycles. The van der Waals surface area contributed by atoms with Gasteiger partial charge in [-0.2, -0.15) is 0 Å². The smallest absolute Gasteiger partial charge is 0.161 e. The minimum Gasteiger partial charge on any atom is -0.493 e. The van der Waals surface area contributed by atoms with E-state index >= 15 is 0 Å². The van der Waals surface area contributed by atoms with E-state index in [-0.39, 0.29) is 18.2 Å². The maximum absolute atomic E-state index is 7.38. The van der Waals surface area contributed by atoms with Gasteiger partial charge in [-0.25, -0.2) is 0 Å². The normalized spacial score (nSPS) is 12.3. The van der Waals surface area contributed by atoms with Crippen molar-refractivity contribution in [3.05, 3.63) is 53.9 Å². The maximum atomic E-state index is 7.38. The highest BCUT2D eigenvalue weighted by atomic mass is 35.5. The Morgan fingerprint density at radius 3 is 2.23 bits per heavy atom. The van der Waals surface area contributed by atoms with Crippen LogP contribution in [0, 0.1) is 0 Å². The quantitative estimate of drug-likeness (QED) is 0.640. The minimum absolute atomic E-state index is 0. The van der Waals surface area contributed by atoms with E-state index in [1.54, 1.807) is 32.5 Å². The van der Waals surface area contributed by atoms with Crippen molar-refractivity contribution in [2.45, 2.75) is 6.42 Å². The number of benzene rings is 2. The van der Waals surface area contributed by atoms with E-state index in [1.165, 1.54) is 7.11 Å². The monoisotopic (exact) mass is 378 g/mol. The number of hydrogen-bond acceptors (Lipinski definition) is 5. The van der Waals surface area contributed by atoms with Crippen molar-refractivity contribution in [2.75, 3.05) is 28.4 Å². The summed E-state index contributed by atoms with van der Waals surface area (Å²) in [7, 11) is 2.07. The fourth-order valence-electron chi connectivity index (χ4n) is 2.80. The second-order valence-corrected chi connectivity index (χ2v) is 5.45. The predicted octanol–water partition coefficient (Wildman–Crippen LogP) is 4.28. The SMILES string of the molecule is Cl.[2H]C([2H])([2H])Oc1cc2c(Cc3ccc(OC)c(OC)c3)nccc2cc1OC. The first kappa shape index (κ1) is 15.6. The molecular weight excluding hydrogens is 354 g/mol. The van der Waals surface area contributed by atoms with Gasteiger partial charge in [0.25, 0.3) is 0 Å². The molecule has 0 saturated carbocycles. The number of ether oxygens (including phenoxy) is 4. The van der Waals surface area contributed by atoms with Crippen molar-refractivity contribution in [1.82, 2.24) is 4.98 Å². The number of aromatic nitrogens is 1. The highest BCUT2D eigenvalue weighted by Gasteiger charge is 2.11. The molecule has 0 radical (unpaired) electrons. The van der Waals surface area contributed by atoms with Gasteiger partial charge in [0.15, 0.2) is 23.0 Å². The predicted molar refractivity (Wildman–Crippen MR) is 104 cm³/mol. The number of halogens is 1. The van der Waals surface area contributed by atoms with E-state index in [0.717, 1.165) is 22.0 Å². The van der Waals surface area contributed by atoms with Crippen LogP contribution in [0.15, 0.2) is 42.6 Å². The maximum Gasteiger partial charge on any atom is 0.161 e. The molecule has 0 bridgehead atoms. The van der Waals surface area contributed by atoms with Gasteiger partial charge in [0, 0.05) is 18.0 Å². The minimum atomic E-state index is -2.58. The van der Waals surface area contributed by atoms with Crippen LogP contribution in [0.25, 0.3) is 10.8 Å². The van der Waals surface area contributed by atoms with Crippen molar-refractivity contribution in [3.8, 4) is 23.0 Å². The van der Waals surface area contributed by atoms with E-state index in [4.69, 9.17) is 23.1 Å². The zero-order valence-corrected chi connectivity index (χ0v) is 15.6. The van der Waals surface area contributed by atoms with Gasteiger partial charge < -0.3 is 18.9 Å². The van der Waals surface area contributed by atoms with Gasteiger partial charge in [-0.05, 0) is 41.3 Å². The topological polar surface area (TPSA) is 49.8 Å². The van der Waals surface area contributed by atoms with E-state index < -0.39 is 7.04 Å². The Labute approximate surface area is 163 Å². The number of fused-ring (bicyclic) bond motifs is 1. The molecule has 0 unspecified atom stereocenters. The van der Waals surface area contributed by atoms with Crippen LogP contribution in [0.4, 0.5) is 0 Å². The standard InChI is InChI=1S/C20H21NO4.ClH/c1-22-17-6-5-13(10-18(17)23-2)9-16-15-12-20(25-4)19(24-3)11-14(15)7-8-21-16;/h5-8,10-12H,9H2,1-4H3;1H/i4D3;. The van der Waals surface area contributed by atoms with Crippen LogP contribution in [0.2, 0.25) is 0 Å². The molecule has 0 aliphatic carbocycles. The van der Waals surface area contributed by atoms with Crippen molar-refractivity contribution in [1.29, 1.82) is 0 Å². The van der Waals surface area contributed by atoms with Crippen molar-refractivity contribution < 1.29 is 23.1 Å². The van der Waals surface area contributed by atoms with Crippen LogP contribution in [0.1, 0.15) is 15.4 Å². The second-order valence-electron chi connectivity index (χ2n) is 5.45. The van der Waals surface area contributed by atoms with Gasteiger partial charge in [-0.1, -0.05) is 6.07 Å². The van der Waals surface area contributed by atoms with Crippen LogP contribution in [-0.2, 0) is 6.42 Å². The van der Waals surface area contributed by atoms with Gasteiger partial charge >= 0.3 is 0 Å². The Morgan fingerprint density at radius 2 is 1.54 bits per heavy atom. The Bertz CT molecular complexity index is 995. The zero-order valence-electron chi connectivity index (χ0n) is 17.7. The van der Waals surface area contributed by atoms with Crippen LogP contribution < -0.4 is 18.9 Å². The molecule has 3 aromatic rings. The van der Waals surface area contributed by atoms with Gasteiger partial charge in [0.2, 0.25) is 0 Å². The summed E-state index contributed by atoms with van der Waals surface area (Å²) in [4.78, 5) is 4.48. The molecule has 2 aromatic carbocycles. The van der Waals surface area contributed by atoms with Crippen molar-refractivity contribution in [2.24, 2.45) is 0 Å². The highest BCUT2D eigenvalue weighted by molar-refractivity contribution is 5.88. The Hall–Kier alpha value is -2.66. The lowest BCUT2D eigenvalue weighted by Crippen LogP contribution is -1.97. The molecule has 1 heterocycles. The molecule has 0 N–H and O–H groups in total. The average molecular weight is 379 g/mol. The van der Waals surface area contributed by atoms with Gasteiger partial charge in [-0.15, -0.1) is 12.4 Å². The van der Waals surface area contributed by atoms with Crippen LogP contribution in [-0.4, -0.2) is 33.4 Å². The summed E-state index contributed by atoms with van der Waals surface area (Å²) in [5.74, 6) is 1.78. The van der Waals surface area contributed by atoms with Gasteiger partial charge in [-0.3, -0.25) is 4.98 Å². The fraction of sp³-hybridized carbons (Fsp3) is 0.250. The molecular formula is C20H22ClNO4. The van der Waals surface area contributed by atoms with Crippen molar-refractivity contribution >= 4 is 23.2 Å². The summed E-state index contributed by atoms with van der Waals surface area (Å²) in [6.07, 6.45) is 2.24. The van der Waals surface area contributed by atoms with E-state index in [1.807, 2.05) is 24.3 Å². The molecule has 0 spiro atoms. The summed E-state index contributed by atoms with van der Waals surface area (Å²) in [5, 5.41) is 1.66. The largest absolute Gasteiger partial charge is 0.493 e. The summed E-state index contributed by atoms with van der Waals surface area (Å²) in [5.41, 5.74) is 1.76. The number of rotatable bonds is 6. The third-order valence-corrected chi connectivity index (χ3v) is 4.06. The second kappa shape index (κ2) is 8.63.